The summed E-state index contributed by atoms with van der Waals surface area (Å²) in [6.45, 7) is 12.8. The first-order chi connectivity index (χ1) is 9.13. The normalized spacial score (nSPS) is 35.3. The van der Waals surface area contributed by atoms with Gasteiger partial charge in [0.25, 0.3) is 0 Å². The van der Waals surface area contributed by atoms with E-state index in [1.165, 1.54) is 19.3 Å². The van der Waals surface area contributed by atoms with Crippen molar-refractivity contribution >= 4 is 5.97 Å². The highest BCUT2D eigenvalue weighted by Crippen LogP contribution is 2.63. The molecule has 0 amide bonds. The number of carbonyl (C=O) groups excluding carboxylic acids is 1. The van der Waals surface area contributed by atoms with Crippen LogP contribution >= 0.6 is 0 Å². The lowest BCUT2D eigenvalue weighted by molar-refractivity contribution is -0.187. The SMILES string of the molecule is CCC(C)(C)C(=O)OCOC1C2(C)CCC(C2)C1(C)C. The molecule has 2 aliphatic carbocycles. The molecule has 2 fully saturated rings. The number of fused-ring (bicyclic) bond motifs is 2. The minimum atomic E-state index is -0.419. The molecule has 0 radical (unpaired) electrons. The second-order valence-corrected chi connectivity index (χ2v) is 8.25. The number of carbonyl (C=O) groups is 1. The van der Waals surface area contributed by atoms with E-state index in [2.05, 4.69) is 20.8 Å². The van der Waals surface area contributed by atoms with Crippen LogP contribution in [0.1, 0.15) is 67.2 Å². The van der Waals surface area contributed by atoms with E-state index in [9.17, 15) is 4.79 Å². The Labute approximate surface area is 123 Å². The van der Waals surface area contributed by atoms with Crippen LogP contribution in [0.5, 0.6) is 0 Å². The van der Waals surface area contributed by atoms with Crippen molar-refractivity contribution in [2.45, 2.75) is 73.3 Å². The molecule has 116 valence electrons. The fraction of sp³-hybridized carbons (Fsp3) is 0.941. The number of esters is 1. The standard InChI is InChI=1S/C17H30O3/c1-7-15(2,3)14(18)20-11-19-13-16(4,5)12-8-9-17(13,6)10-12/h12-13H,7-11H2,1-6H3. The van der Waals surface area contributed by atoms with Gasteiger partial charge >= 0.3 is 5.97 Å². The van der Waals surface area contributed by atoms with E-state index in [0.717, 1.165) is 12.3 Å². The van der Waals surface area contributed by atoms with Gasteiger partial charge in [-0.2, -0.15) is 0 Å². The van der Waals surface area contributed by atoms with Crippen LogP contribution in [-0.4, -0.2) is 18.9 Å². The third kappa shape index (κ3) is 2.49. The summed E-state index contributed by atoms with van der Waals surface area (Å²) in [7, 11) is 0. The summed E-state index contributed by atoms with van der Waals surface area (Å²) in [5.41, 5.74) is 0.0397. The van der Waals surface area contributed by atoms with Gasteiger partial charge < -0.3 is 9.47 Å². The van der Waals surface area contributed by atoms with Gasteiger partial charge in [0.2, 0.25) is 0 Å². The highest BCUT2D eigenvalue weighted by Gasteiger charge is 2.60. The van der Waals surface area contributed by atoms with Gasteiger partial charge in [-0.3, -0.25) is 4.79 Å². The van der Waals surface area contributed by atoms with Crippen molar-refractivity contribution in [1.82, 2.24) is 0 Å². The molecule has 2 saturated carbocycles. The zero-order chi connectivity index (χ0) is 15.2. The molecular weight excluding hydrogens is 252 g/mol. The molecule has 3 heteroatoms. The predicted octanol–water partition coefficient (Wildman–Crippen LogP) is 4.15. The zero-order valence-corrected chi connectivity index (χ0v) is 13.9. The maximum Gasteiger partial charge on any atom is 0.313 e. The molecule has 0 N–H and O–H groups in total. The van der Waals surface area contributed by atoms with Gasteiger partial charge in [0.05, 0.1) is 11.5 Å². The first-order valence-electron chi connectivity index (χ1n) is 7.92. The Morgan fingerprint density at radius 1 is 1.30 bits per heavy atom. The molecule has 0 aromatic rings. The third-order valence-corrected chi connectivity index (χ3v) is 6.00. The largest absolute Gasteiger partial charge is 0.438 e. The van der Waals surface area contributed by atoms with Crippen molar-refractivity contribution in [3.05, 3.63) is 0 Å². The first-order valence-corrected chi connectivity index (χ1v) is 7.92. The molecular formula is C17H30O3. The number of ether oxygens (including phenoxy) is 2. The number of hydrogen-bond acceptors (Lipinski definition) is 3. The lowest BCUT2D eigenvalue weighted by Gasteiger charge is -2.42. The fourth-order valence-electron chi connectivity index (χ4n) is 4.17. The van der Waals surface area contributed by atoms with Crippen molar-refractivity contribution in [3.63, 3.8) is 0 Å². The van der Waals surface area contributed by atoms with Crippen LogP contribution in [0.2, 0.25) is 0 Å². The average Bonchev–Trinajstić information content (AvgIpc) is 2.84. The van der Waals surface area contributed by atoms with Gasteiger partial charge in [-0.1, -0.05) is 27.7 Å². The Hall–Kier alpha value is -0.570. The van der Waals surface area contributed by atoms with Gasteiger partial charge in [0.15, 0.2) is 6.79 Å². The third-order valence-electron chi connectivity index (χ3n) is 6.00. The highest BCUT2D eigenvalue weighted by atomic mass is 16.7. The predicted molar refractivity (Wildman–Crippen MR) is 79.1 cm³/mol. The van der Waals surface area contributed by atoms with Crippen LogP contribution in [0.4, 0.5) is 0 Å². The van der Waals surface area contributed by atoms with E-state index in [4.69, 9.17) is 9.47 Å². The highest BCUT2D eigenvalue weighted by molar-refractivity contribution is 5.75. The summed E-state index contributed by atoms with van der Waals surface area (Å²) in [5, 5.41) is 0. The number of rotatable bonds is 5. The van der Waals surface area contributed by atoms with Crippen molar-refractivity contribution in [3.8, 4) is 0 Å². The van der Waals surface area contributed by atoms with E-state index in [1.54, 1.807) is 0 Å². The van der Waals surface area contributed by atoms with Crippen molar-refractivity contribution in [2.75, 3.05) is 6.79 Å². The first kappa shape index (κ1) is 15.8. The summed E-state index contributed by atoms with van der Waals surface area (Å²) in [5.74, 6) is 0.589. The van der Waals surface area contributed by atoms with E-state index in [1.807, 2.05) is 20.8 Å². The smallest absolute Gasteiger partial charge is 0.313 e. The molecule has 3 atom stereocenters. The lowest BCUT2D eigenvalue weighted by atomic mass is 9.70. The van der Waals surface area contributed by atoms with E-state index in [0.29, 0.717) is 0 Å². The monoisotopic (exact) mass is 282 g/mol. The molecule has 0 spiro atoms. The minimum absolute atomic E-state index is 0.0959. The molecule has 0 aromatic heterocycles. The van der Waals surface area contributed by atoms with Gasteiger partial charge in [-0.15, -0.1) is 0 Å². The molecule has 0 aromatic carbocycles. The van der Waals surface area contributed by atoms with Crippen LogP contribution < -0.4 is 0 Å². The van der Waals surface area contributed by atoms with Crippen LogP contribution in [0.25, 0.3) is 0 Å². The molecule has 3 unspecified atom stereocenters. The minimum Gasteiger partial charge on any atom is -0.438 e. The summed E-state index contributed by atoms with van der Waals surface area (Å²) in [6, 6.07) is 0. The lowest BCUT2D eigenvalue weighted by Crippen LogP contribution is -2.43. The molecule has 0 aliphatic heterocycles. The molecule has 3 nitrogen and oxygen atoms in total. The van der Waals surface area contributed by atoms with Crippen LogP contribution in [-0.2, 0) is 14.3 Å². The van der Waals surface area contributed by atoms with E-state index in [-0.39, 0.29) is 29.7 Å². The quantitative estimate of drug-likeness (QED) is 0.561. The molecule has 2 bridgehead atoms. The molecule has 20 heavy (non-hydrogen) atoms. The Morgan fingerprint density at radius 2 is 1.95 bits per heavy atom. The summed E-state index contributed by atoms with van der Waals surface area (Å²) >= 11 is 0. The van der Waals surface area contributed by atoms with Crippen LogP contribution in [0.15, 0.2) is 0 Å². The Bertz CT molecular complexity index is 381. The van der Waals surface area contributed by atoms with Crippen LogP contribution in [0.3, 0.4) is 0 Å². The van der Waals surface area contributed by atoms with Crippen molar-refractivity contribution < 1.29 is 14.3 Å². The average molecular weight is 282 g/mol. The Balaban J connectivity index is 1.90. The maximum absolute atomic E-state index is 12.0. The van der Waals surface area contributed by atoms with Crippen molar-refractivity contribution in [2.24, 2.45) is 22.2 Å². The fourth-order valence-corrected chi connectivity index (χ4v) is 4.17. The van der Waals surface area contributed by atoms with E-state index < -0.39 is 5.41 Å². The Kier molecular flexibility index (Phi) is 3.96. The maximum atomic E-state index is 12.0. The summed E-state index contributed by atoms with van der Waals surface area (Å²) in [4.78, 5) is 12.0. The Morgan fingerprint density at radius 3 is 2.45 bits per heavy atom. The summed E-state index contributed by atoms with van der Waals surface area (Å²) in [6.07, 6.45) is 4.78. The van der Waals surface area contributed by atoms with Crippen LogP contribution in [0, 0.1) is 22.2 Å². The number of hydrogen-bond donors (Lipinski definition) is 0. The van der Waals surface area contributed by atoms with Gasteiger partial charge in [-0.05, 0) is 56.3 Å². The van der Waals surface area contributed by atoms with Crippen molar-refractivity contribution in [1.29, 1.82) is 0 Å². The molecule has 0 heterocycles. The van der Waals surface area contributed by atoms with Gasteiger partial charge in [0.1, 0.15) is 0 Å². The topological polar surface area (TPSA) is 35.5 Å². The molecule has 0 saturated heterocycles. The zero-order valence-electron chi connectivity index (χ0n) is 13.9. The summed E-state index contributed by atoms with van der Waals surface area (Å²) < 4.78 is 11.4. The second-order valence-electron chi connectivity index (χ2n) is 8.25. The molecule has 2 aliphatic rings. The van der Waals surface area contributed by atoms with Gasteiger partial charge in [0, 0.05) is 0 Å². The van der Waals surface area contributed by atoms with E-state index >= 15 is 0 Å². The molecule has 2 rings (SSSR count). The second kappa shape index (κ2) is 5.01. The van der Waals surface area contributed by atoms with Gasteiger partial charge in [-0.25, -0.2) is 0 Å².